The molecule has 6 rings (SSSR count). The highest BCUT2D eigenvalue weighted by Gasteiger charge is 2.26. The highest BCUT2D eigenvalue weighted by atomic mass is 16.5. The van der Waals surface area contributed by atoms with E-state index in [4.69, 9.17) is 4.74 Å². The number of anilines is 1. The molecule has 0 radical (unpaired) electrons. The monoisotopic (exact) mass is 481 g/mol. The van der Waals surface area contributed by atoms with E-state index in [-0.39, 0.29) is 16.9 Å². The molecular weight excluding hydrogens is 454 g/mol. The summed E-state index contributed by atoms with van der Waals surface area (Å²) < 4.78 is 8.19. The molecule has 8 nitrogen and oxygen atoms in total. The van der Waals surface area contributed by atoms with Crippen LogP contribution in [0.2, 0.25) is 0 Å². The lowest BCUT2D eigenvalue weighted by Crippen LogP contribution is -2.36. The molecule has 0 atom stereocenters. The highest BCUT2D eigenvalue weighted by Crippen LogP contribution is 2.43. The Morgan fingerprint density at radius 3 is 2.69 bits per heavy atom. The van der Waals surface area contributed by atoms with Gasteiger partial charge in [-0.2, -0.15) is 0 Å². The van der Waals surface area contributed by atoms with Crippen molar-refractivity contribution < 1.29 is 9.53 Å². The number of hydrogen-bond acceptors (Lipinski definition) is 6. The normalized spacial score (nSPS) is 14.3. The Hall–Kier alpha value is -4.17. The first-order valence-corrected chi connectivity index (χ1v) is 12.3. The lowest BCUT2D eigenvalue weighted by molar-refractivity contribution is 0.0948. The van der Waals surface area contributed by atoms with Gasteiger partial charge in [-0.3, -0.25) is 14.6 Å². The number of hydrogen-bond donors (Lipinski definition) is 2. The Labute approximate surface area is 208 Å². The summed E-state index contributed by atoms with van der Waals surface area (Å²) >= 11 is 0. The first-order valence-electron chi connectivity index (χ1n) is 12.3. The van der Waals surface area contributed by atoms with Gasteiger partial charge in [0.1, 0.15) is 11.1 Å². The molecule has 2 aromatic heterocycles. The second-order valence-corrected chi connectivity index (χ2v) is 9.13. The average molecular weight is 482 g/mol. The summed E-state index contributed by atoms with van der Waals surface area (Å²) in [4.78, 5) is 33.3. The zero-order valence-electron chi connectivity index (χ0n) is 19.9. The smallest absolute Gasteiger partial charge is 0.256 e. The first-order chi connectivity index (χ1) is 17.7. The number of amides is 1. The quantitative estimate of drug-likeness (QED) is 0.366. The molecule has 0 spiro atoms. The topological polar surface area (TPSA) is 88.5 Å². The fraction of sp³-hybridized carbons (Fsp3) is 0.250. The maximum atomic E-state index is 13.5. The number of para-hydroxylation sites is 2. The molecule has 2 aromatic carbocycles. The van der Waals surface area contributed by atoms with Crippen LogP contribution in [0.5, 0.6) is 11.5 Å². The molecule has 182 valence electrons. The van der Waals surface area contributed by atoms with Crippen LogP contribution in [0, 0.1) is 0 Å². The molecule has 36 heavy (non-hydrogen) atoms. The van der Waals surface area contributed by atoms with Crippen molar-refractivity contribution in [3.8, 4) is 17.2 Å². The summed E-state index contributed by atoms with van der Waals surface area (Å²) in [6.07, 6.45) is 5.80. The SMILES string of the molecule is O=C(NCCN1CCCC1)c1cn2c3c(c(NCc4ccccn4)ccc3c1=O)Oc1ccccc1-2. The van der Waals surface area contributed by atoms with Crippen LogP contribution in [0.15, 0.2) is 71.8 Å². The number of rotatable bonds is 7. The Morgan fingerprint density at radius 1 is 1.03 bits per heavy atom. The van der Waals surface area contributed by atoms with Crippen LogP contribution in [0.1, 0.15) is 28.9 Å². The molecule has 2 N–H and O–H groups in total. The van der Waals surface area contributed by atoms with Gasteiger partial charge in [-0.15, -0.1) is 0 Å². The molecule has 2 aliphatic rings. The Bertz CT molecular complexity index is 1490. The van der Waals surface area contributed by atoms with Crippen molar-refractivity contribution in [3.63, 3.8) is 0 Å². The van der Waals surface area contributed by atoms with Crippen LogP contribution in [-0.4, -0.2) is 46.5 Å². The summed E-state index contributed by atoms with van der Waals surface area (Å²) in [7, 11) is 0. The number of nitrogens with one attached hydrogen (secondary N) is 2. The van der Waals surface area contributed by atoms with Gasteiger partial charge < -0.3 is 24.8 Å². The van der Waals surface area contributed by atoms with E-state index in [0.29, 0.717) is 35.5 Å². The third kappa shape index (κ3) is 4.09. The lowest BCUT2D eigenvalue weighted by atomic mass is 10.1. The summed E-state index contributed by atoms with van der Waals surface area (Å²) in [6, 6.07) is 17.0. The molecule has 1 saturated heterocycles. The highest BCUT2D eigenvalue weighted by molar-refractivity contribution is 6.01. The van der Waals surface area contributed by atoms with Gasteiger partial charge in [0, 0.05) is 25.5 Å². The Balaban J connectivity index is 1.38. The number of benzene rings is 2. The number of fused-ring (bicyclic) bond motifs is 2. The second-order valence-electron chi connectivity index (χ2n) is 9.13. The molecule has 0 unspecified atom stereocenters. The van der Waals surface area contributed by atoms with Crippen molar-refractivity contribution in [1.29, 1.82) is 0 Å². The third-order valence-corrected chi connectivity index (χ3v) is 6.80. The number of carbonyl (C=O) groups is 1. The minimum Gasteiger partial charge on any atom is -0.451 e. The fourth-order valence-electron chi connectivity index (χ4n) is 4.96. The molecule has 4 aromatic rings. The van der Waals surface area contributed by atoms with Gasteiger partial charge in [0.2, 0.25) is 5.43 Å². The predicted octanol–water partition coefficient (Wildman–Crippen LogP) is 3.93. The van der Waals surface area contributed by atoms with Crippen molar-refractivity contribution in [3.05, 3.63) is 88.5 Å². The van der Waals surface area contributed by atoms with E-state index in [1.807, 2.05) is 53.1 Å². The summed E-state index contributed by atoms with van der Waals surface area (Å²) in [6.45, 7) is 3.94. The number of ether oxygens (including phenoxy) is 1. The molecule has 0 saturated carbocycles. The van der Waals surface area contributed by atoms with Crippen molar-refractivity contribution in [2.45, 2.75) is 19.4 Å². The average Bonchev–Trinajstić information content (AvgIpc) is 3.43. The van der Waals surface area contributed by atoms with Crippen LogP contribution in [0.25, 0.3) is 16.6 Å². The minimum atomic E-state index is -0.354. The molecule has 2 aliphatic heterocycles. The fourth-order valence-corrected chi connectivity index (χ4v) is 4.96. The number of likely N-dealkylation sites (tertiary alicyclic amines) is 1. The molecule has 8 heteroatoms. The third-order valence-electron chi connectivity index (χ3n) is 6.80. The van der Waals surface area contributed by atoms with Crippen molar-refractivity contribution in [2.75, 3.05) is 31.5 Å². The van der Waals surface area contributed by atoms with Crippen molar-refractivity contribution >= 4 is 22.5 Å². The molecular formula is C28H27N5O3. The molecule has 1 fully saturated rings. The second kappa shape index (κ2) is 9.47. The molecule has 1 amide bonds. The zero-order chi connectivity index (χ0) is 24.5. The maximum absolute atomic E-state index is 13.5. The van der Waals surface area contributed by atoms with Gasteiger partial charge in [-0.05, 0) is 62.3 Å². The van der Waals surface area contributed by atoms with E-state index in [2.05, 4.69) is 20.5 Å². The summed E-state index contributed by atoms with van der Waals surface area (Å²) in [5.41, 5.74) is 2.88. The van der Waals surface area contributed by atoms with Gasteiger partial charge in [0.15, 0.2) is 11.5 Å². The first kappa shape index (κ1) is 22.3. The van der Waals surface area contributed by atoms with E-state index in [1.54, 1.807) is 18.5 Å². The van der Waals surface area contributed by atoms with E-state index in [9.17, 15) is 9.59 Å². The summed E-state index contributed by atoms with van der Waals surface area (Å²) in [5.74, 6) is 0.857. The van der Waals surface area contributed by atoms with Gasteiger partial charge in [-0.25, -0.2) is 0 Å². The van der Waals surface area contributed by atoms with E-state index in [0.717, 1.165) is 36.7 Å². The minimum absolute atomic E-state index is 0.126. The number of nitrogens with zero attached hydrogens (tertiary/aromatic N) is 3. The Kier molecular flexibility index (Phi) is 5.87. The van der Waals surface area contributed by atoms with Gasteiger partial charge >= 0.3 is 0 Å². The van der Waals surface area contributed by atoms with E-state index >= 15 is 0 Å². The van der Waals surface area contributed by atoms with E-state index in [1.165, 1.54) is 12.8 Å². The van der Waals surface area contributed by atoms with Crippen LogP contribution in [-0.2, 0) is 6.54 Å². The molecule has 4 heterocycles. The summed E-state index contributed by atoms with van der Waals surface area (Å²) in [5, 5.41) is 6.77. The van der Waals surface area contributed by atoms with Crippen LogP contribution in [0.4, 0.5) is 5.69 Å². The van der Waals surface area contributed by atoms with Crippen molar-refractivity contribution in [1.82, 2.24) is 19.8 Å². The number of aromatic nitrogens is 2. The molecule has 0 aliphatic carbocycles. The van der Waals surface area contributed by atoms with Crippen LogP contribution >= 0.6 is 0 Å². The maximum Gasteiger partial charge on any atom is 0.256 e. The largest absolute Gasteiger partial charge is 0.451 e. The van der Waals surface area contributed by atoms with Crippen LogP contribution < -0.4 is 20.8 Å². The van der Waals surface area contributed by atoms with Crippen LogP contribution in [0.3, 0.4) is 0 Å². The Morgan fingerprint density at radius 2 is 1.86 bits per heavy atom. The predicted molar refractivity (Wildman–Crippen MR) is 139 cm³/mol. The zero-order valence-corrected chi connectivity index (χ0v) is 19.9. The standard InChI is InChI=1S/C28H27N5O3/c34-26-20-10-11-22(31-17-19-7-3-4-12-29-19)27-25(20)33(23-8-1-2-9-24(23)36-27)18-21(26)28(35)30-13-16-32-14-5-6-15-32/h1-4,7-12,18,31H,5-6,13-17H2,(H,30,35). The van der Waals surface area contributed by atoms with Gasteiger partial charge in [0.05, 0.1) is 29.0 Å². The van der Waals surface area contributed by atoms with Gasteiger partial charge in [0.25, 0.3) is 5.91 Å². The number of carbonyl (C=O) groups excluding carboxylic acids is 1. The van der Waals surface area contributed by atoms with Gasteiger partial charge in [-0.1, -0.05) is 18.2 Å². The van der Waals surface area contributed by atoms with Crippen molar-refractivity contribution in [2.24, 2.45) is 0 Å². The molecule has 0 bridgehead atoms. The lowest BCUT2D eigenvalue weighted by Gasteiger charge is -2.25. The number of pyridine rings is 2. The van der Waals surface area contributed by atoms with E-state index < -0.39 is 0 Å².